The van der Waals surface area contributed by atoms with E-state index >= 15 is 0 Å². The molecule has 0 aromatic carbocycles. The van der Waals surface area contributed by atoms with Crippen LogP contribution in [0.15, 0.2) is 0 Å². The third-order valence-corrected chi connectivity index (χ3v) is 2.45. The first kappa shape index (κ1) is 9.07. The molecule has 0 aromatic heterocycles. The highest BCUT2D eigenvalue weighted by atomic mass is 31.2. The van der Waals surface area contributed by atoms with E-state index < -0.39 is 19.5 Å². The Bertz CT molecular complexity index is 139. The largest absolute Gasteiger partial charge is 0.377 e. The van der Waals surface area contributed by atoms with Crippen LogP contribution in [0.2, 0.25) is 0 Å². The molecule has 0 spiro atoms. The van der Waals surface area contributed by atoms with Crippen molar-refractivity contribution in [2.24, 2.45) is 5.73 Å². The van der Waals surface area contributed by atoms with Crippen molar-refractivity contribution >= 4 is 7.60 Å². The number of hydrogen-bond acceptors (Lipinski definition) is 3. The Hall–Kier alpha value is 0.0700. The van der Waals surface area contributed by atoms with Gasteiger partial charge in [0.05, 0.1) is 0 Å². The summed E-state index contributed by atoms with van der Waals surface area (Å²) in [6, 6.07) is 0. The summed E-state index contributed by atoms with van der Waals surface area (Å²) in [4.78, 5) is 16.7. The lowest BCUT2D eigenvalue weighted by molar-refractivity contribution is 0.117. The molecule has 0 aliphatic rings. The van der Waals surface area contributed by atoms with Gasteiger partial charge in [-0.25, -0.2) is 0 Å². The molecule has 9 heavy (non-hydrogen) atoms. The number of nitrogens with two attached hydrogens (primary N) is 1. The average Bonchev–Trinajstić information content (AvgIpc) is 1.64. The zero-order valence-electron chi connectivity index (χ0n) is 4.98. The maximum Gasteiger partial charge on any atom is 0.357 e. The maximum absolute atomic E-state index is 10.2. The molecular formula is C3H10NO4P. The van der Waals surface area contributed by atoms with E-state index in [0.29, 0.717) is 0 Å². The Morgan fingerprint density at radius 1 is 1.67 bits per heavy atom. The highest BCUT2D eigenvalue weighted by Gasteiger charge is 2.38. The van der Waals surface area contributed by atoms with Gasteiger partial charge in [0.1, 0.15) is 0 Å². The van der Waals surface area contributed by atoms with E-state index in [0.717, 1.165) is 6.92 Å². The number of rotatable bonds is 2. The predicted octanol–water partition coefficient (Wildman–Crippen LogP) is -1.17. The van der Waals surface area contributed by atoms with Crippen molar-refractivity contribution in [3.63, 3.8) is 0 Å². The van der Waals surface area contributed by atoms with Crippen LogP contribution in [0.4, 0.5) is 0 Å². The molecule has 5 N–H and O–H groups in total. The molecule has 1 unspecified atom stereocenters. The van der Waals surface area contributed by atoms with Gasteiger partial charge in [0.25, 0.3) is 0 Å². The molecule has 0 fully saturated rings. The van der Waals surface area contributed by atoms with E-state index in [-0.39, 0.29) is 0 Å². The third-order valence-electron chi connectivity index (χ3n) is 1.01. The molecule has 0 aromatic rings. The van der Waals surface area contributed by atoms with E-state index in [9.17, 15) is 4.57 Å². The summed E-state index contributed by atoms with van der Waals surface area (Å²) >= 11 is 0. The van der Waals surface area contributed by atoms with Gasteiger partial charge in [-0.3, -0.25) is 4.57 Å². The van der Waals surface area contributed by atoms with Gasteiger partial charge in [0, 0.05) is 6.54 Å². The molecule has 0 amide bonds. The minimum absolute atomic E-state index is 0.447. The lowest BCUT2D eigenvalue weighted by Crippen LogP contribution is -2.33. The molecule has 6 heteroatoms. The molecule has 1 atom stereocenters. The van der Waals surface area contributed by atoms with Gasteiger partial charge in [0.2, 0.25) is 0 Å². The molecule has 5 nitrogen and oxygen atoms in total. The lowest BCUT2D eigenvalue weighted by atomic mass is 10.4. The second-order valence-electron chi connectivity index (χ2n) is 1.97. The Morgan fingerprint density at radius 2 is 2.00 bits per heavy atom. The second-order valence-corrected chi connectivity index (χ2v) is 4.02. The van der Waals surface area contributed by atoms with Crippen molar-refractivity contribution in [1.29, 1.82) is 0 Å². The molecule has 0 radical (unpaired) electrons. The van der Waals surface area contributed by atoms with Crippen LogP contribution in [0.1, 0.15) is 6.92 Å². The summed E-state index contributed by atoms with van der Waals surface area (Å²) in [5.41, 5.74) is 4.85. The molecule has 56 valence electrons. The highest BCUT2D eigenvalue weighted by Crippen LogP contribution is 2.47. The van der Waals surface area contributed by atoms with Crippen LogP contribution in [-0.2, 0) is 4.57 Å². The van der Waals surface area contributed by atoms with E-state index in [1.807, 2.05) is 0 Å². The van der Waals surface area contributed by atoms with Crippen LogP contribution in [0, 0.1) is 0 Å². The SMILES string of the molecule is CC(O)(CN)P(=O)(O)O. The molecule has 0 saturated heterocycles. The van der Waals surface area contributed by atoms with Gasteiger partial charge in [-0.1, -0.05) is 0 Å². The fraction of sp³-hybridized carbons (Fsp3) is 1.00. The summed E-state index contributed by atoms with van der Waals surface area (Å²) in [6.07, 6.45) is 0. The summed E-state index contributed by atoms with van der Waals surface area (Å²) < 4.78 is 10.2. The van der Waals surface area contributed by atoms with Crippen LogP contribution < -0.4 is 5.73 Å². The van der Waals surface area contributed by atoms with Crippen LogP contribution in [0.3, 0.4) is 0 Å². The van der Waals surface area contributed by atoms with Crippen LogP contribution >= 0.6 is 7.60 Å². The summed E-state index contributed by atoms with van der Waals surface area (Å²) in [6.45, 7) is 0.547. The minimum atomic E-state index is -4.44. The molecule has 0 heterocycles. The van der Waals surface area contributed by atoms with Gasteiger partial charge in [-0.15, -0.1) is 0 Å². The lowest BCUT2D eigenvalue weighted by Gasteiger charge is -2.21. The zero-order valence-corrected chi connectivity index (χ0v) is 5.88. The Labute approximate surface area is 52.7 Å². The average molecular weight is 155 g/mol. The van der Waals surface area contributed by atoms with E-state index in [2.05, 4.69) is 0 Å². The standard InChI is InChI=1S/C3H10NO4P/c1-3(5,2-4)9(6,7)8/h5H,2,4H2,1H3,(H2,6,7,8). The van der Waals surface area contributed by atoms with Gasteiger partial charge < -0.3 is 20.6 Å². The van der Waals surface area contributed by atoms with Crippen molar-refractivity contribution in [3.8, 4) is 0 Å². The minimum Gasteiger partial charge on any atom is -0.377 e. The first-order chi connectivity index (χ1) is 3.81. The molecular weight excluding hydrogens is 145 g/mol. The number of aliphatic hydroxyl groups is 1. The molecule has 0 aliphatic heterocycles. The zero-order chi connectivity index (χ0) is 7.71. The smallest absolute Gasteiger partial charge is 0.357 e. The van der Waals surface area contributed by atoms with Gasteiger partial charge in [-0.05, 0) is 6.92 Å². The fourth-order valence-electron chi connectivity index (χ4n) is 0.119. The Balaban J connectivity index is 4.34. The topological polar surface area (TPSA) is 104 Å². The fourth-order valence-corrected chi connectivity index (χ4v) is 0.357. The molecule has 0 aliphatic carbocycles. The molecule has 0 rings (SSSR count). The van der Waals surface area contributed by atoms with Gasteiger partial charge in [0.15, 0.2) is 5.34 Å². The third kappa shape index (κ3) is 2.04. The van der Waals surface area contributed by atoms with E-state index in [1.165, 1.54) is 0 Å². The van der Waals surface area contributed by atoms with Crippen molar-refractivity contribution < 1.29 is 19.5 Å². The van der Waals surface area contributed by atoms with Gasteiger partial charge >= 0.3 is 7.60 Å². The maximum atomic E-state index is 10.2. The predicted molar refractivity (Wildman–Crippen MR) is 31.7 cm³/mol. The van der Waals surface area contributed by atoms with Crippen LogP contribution in [0.5, 0.6) is 0 Å². The van der Waals surface area contributed by atoms with Crippen molar-refractivity contribution in [2.75, 3.05) is 6.54 Å². The molecule has 0 bridgehead atoms. The molecule has 0 saturated carbocycles. The first-order valence-corrected chi connectivity index (χ1v) is 3.90. The van der Waals surface area contributed by atoms with E-state index in [1.54, 1.807) is 0 Å². The normalized spacial score (nSPS) is 19.2. The summed E-state index contributed by atoms with van der Waals surface area (Å²) in [5.74, 6) is 0. The highest BCUT2D eigenvalue weighted by molar-refractivity contribution is 7.53. The van der Waals surface area contributed by atoms with Crippen LogP contribution in [-0.4, -0.2) is 26.8 Å². The van der Waals surface area contributed by atoms with E-state index in [4.69, 9.17) is 20.6 Å². The quantitative estimate of drug-likeness (QED) is 0.376. The first-order valence-electron chi connectivity index (χ1n) is 2.29. The Kier molecular flexibility index (Phi) is 2.38. The van der Waals surface area contributed by atoms with Gasteiger partial charge in [-0.2, -0.15) is 0 Å². The second kappa shape index (κ2) is 2.36. The number of hydrogen-bond donors (Lipinski definition) is 4. The Morgan fingerprint density at radius 3 is 2.00 bits per heavy atom. The van der Waals surface area contributed by atoms with Crippen molar-refractivity contribution in [3.05, 3.63) is 0 Å². The summed E-state index contributed by atoms with van der Waals surface area (Å²) in [5, 5.41) is 6.70. The summed E-state index contributed by atoms with van der Waals surface area (Å²) in [7, 11) is -4.44. The van der Waals surface area contributed by atoms with Crippen LogP contribution in [0.25, 0.3) is 0 Å². The van der Waals surface area contributed by atoms with Crippen molar-refractivity contribution in [1.82, 2.24) is 0 Å². The monoisotopic (exact) mass is 155 g/mol. The van der Waals surface area contributed by atoms with Crippen molar-refractivity contribution in [2.45, 2.75) is 12.3 Å².